The van der Waals surface area contributed by atoms with Crippen molar-refractivity contribution in [3.63, 3.8) is 0 Å². The van der Waals surface area contributed by atoms with Crippen molar-refractivity contribution in [2.75, 3.05) is 26.2 Å². The van der Waals surface area contributed by atoms with Crippen molar-refractivity contribution in [2.45, 2.75) is 51.3 Å². The Morgan fingerprint density at radius 3 is 2.63 bits per heavy atom. The SMILES string of the molecule is CC(C)COC(=O)N1CCC[C@H]1C(=O)N[C@H](Cc1ccc2ccccc2c1)C(=O)NCC(O)CN. The predicted octanol–water partition coefficient (Wildman–Crippen LogP) is 1.56. The third-order valence-corrected chi connectivity index (χ3v) is 6.00. The molecule has 0 aromatic heterocycles. The van der Waals surface area contributed by atoms with Gasteiger partial charge in [-0.05, 0) is 35.1 Å². The van der Waals surface area contributed by atoms with Crippen LogP contribution >= 0.6 is 0 Å². The van der Waals surface area contributed by atoms with E-state index >= 15 is 0 Å². The molecule has 1 unspecified atom stereocenters. The lowest BCUT2D eigenvalue weighted by Crippen LogP contribution is -2.54. The largest absolute Gasteiger partial charge is 0.449 e. The van der Waals surface area contributed by atoms with Crippen molar-refractivity contribution in [1.82, 2.24) is 15.5 Å². The third kappa shape index (κ3) is 7.40. The normalized spacial score (nSPS) is 17.3. The van der Waals surface area contributed by atoms with Gasteiger partial charge in [-0.3, -0.25) is 14.5 Å². The summed E-state index contributed by atoms with van der Waals surface area (Å²) < 4.78 is 5.32. The monoisotopic (exact) mass is 484 g/mol. The first-order chi connectivity index (χ1) is 16.8. The number of aliphatic hydroxyl groups excluding tert-OH is 1. The summed E-state index contributed by atoms with van der Waals surface area (Å²) in [5, 5.41) is 17.4. The van der Waals surface area contributed by atoms with Gasteiger partial charge in [0, 0.05) is 26.1 Å². The van der Waals surface area contributed by atoms with E-state index in [1.54, 1.807) is 0 Å². The lowest BCUT2D eigenvalue weighted by atomic mass is 10.0. The molecule has 1 heterocycles. The van der Waals surface area contributed by atoms with E-state index in [0.717, 1.165) is 16.3 Å². The molecule has 0 bridgehead atoms. The zero-order chi connectivity index (χ0) is 25.4. The highest BCUT2D eigenvalue weighted by atomic mass is 16.6. The maximum atomic E-state index is 13.2. The summed E-state index contributed by atoms with van der Waals surface area (Å²) in [4.78, 5) is 40.1. The summed E-state index contributed by atoms with van der Waals surface area (Å²) in [6.07, 6.45) is 0.0405. The van der Waals surface area contributed by atoms with E-state index in [0.29, 0.717) is 19.4 Å². The molecule has 1 fully saturated rings. The Morgan fingerprint density at radius 2 is 1.91 bits per heavy atom. The van der Waals surface area contributed by atoms with Gasteiger partial charge in [-0.2, -0.15) is 0 Å². The molecular formula is C26H36N4O5. The second-order valence-corrected chi connectivity index (χ2v) is 9.40. The third-order valence-electron chi connectivity index (χ3n) is 6.00. The molecule has 9 heteroatoms. The fourth-order valence-corrected chi connectivity index (χ4v) is 4.08. The molecular weight excluding hydrogens is 448 g/mol. The van der Waals surface area contributed by atoms with Crippen molar-refractivity contribution < 1.29 is 24.2 Å². The number of carbonyl (C=O) groups is 3. The van der Waals surface area contributed by atoms with Crippen LogP contribution in [0, 0.1) is 5.92 Å². The summed E-state index contributed by atoms with van der Waals surface area (Å²) in [5.41, 5.74) is 6.32. The number of rotatable bonds is 10. The maximum absolute atomic E-state index is 13.2. The lowest BCUT2D eigenvalue weighted by molar-refractivity contribution is -0.131. The standard InChI is InChI=1S/C26H36N4O5/c1-17(2)16-35-26(34)30-11-5-8-23(30)25(33)29-22(24(32)28-15-21(31)14-27)13-18-9-10-19-6-3-4-7-20(19)12-18/h3-4,6-7,9-10,12,17,21-23,31H,5,8,11,13-16,27H2,1-2H3,(H,28,32)(H,29,33)/t21?,22-,23+/m1/s1. The van der Waals surface area contributed by atoms with E-state index in [4.69, 9.17) is 10.5 Å². The number of hydrogen-bond donors (Lipinski definition) is 4. The number of nitrogens with two attached hydrogens (primary N) is 1. The number of nitrogens with zero attached hydrogens (tertiary/aromatic N) is 1. The van der Waals surface area contributed by atoms with Crippen molar-refractivity contribution >= 4 is 28.7 Å². The van der Waals surface area contributed by atoms with Crippen LogP contribution in [-0.4, -0.2) is 72.3 Å². The molecule has 3 atom stereocenters. The number of fused-ring (bicyclic) bond motifs is 1. The first-order valence-electron chi connectivity index (χ1n) is 12.2. The zero-order valence-electron chi connectivity index (χ0n) is 20.4. The average Bonchev–Trinajstić information content (AvgIpc) is 3.35. The van der Waals surface area contributed by atoms with Gasteiger partial charge in [0.25, 0.3) is 0 Å². The minimum Gasteiger partial charge on any atom is -0.449 e. The van der Waals surface area contributed by atoms with Gasteiger partial charge in [-0.25, -0.2) is 4.79 Å². The second kappa shape index (κ2) is 12.5. The van der Waals surface area contributed by atoms with Gasteiger partial charge < -0.3 is 26.2 Å². The van der Waals surface area contributed by atoms with Gasteiger partial charge in [0.15, 0.2) is 0 Å². The minimum atomic E-state index is -0.886. The summed E-state index contributed by atoms with van der Waals surface area (Å²) in [5.74, 6) is -0.636. The van der Waals surface area contributed by atoms with Crippen LogP contribution in [0.5, 0.6) is 0 Å². The molecule has 5 N–H and O–H groups in total. The van der Waals surface area contributed by atoms with Crippen LogP contribution < -0.4 is 16.4 Å². The predicted molar refractivity (Wildman–Crippen MR) is 134 cm³/mol. The molecule has 0 aliphatic carbocycles. The number of benzene rings is 2. The number of ether oxygens (including phenoxy) is 1. The van der Waals surface area contributed by atoms with Crippen LogP contribution in [0.25, 0.3) is 10.8 Å². The first kappa shape index (κ1) is 26.4. The Hall–Kier alpha value is -3.17. The van der Waals surface area contributed by atoms with Crippen molar-refractivity contribution in [3.8, 4) is 0 Å². The summed E-state index contributed by atoms with van der Waals surface area (Å²) in [6.45, 7) is 4.59. The van der Waals surface area contributed by atoms with Gasteiger partial charge in [-0.15, -0.1) is 0 Å². The van der Waals surface area contributed by atoms with Gasteiger partial charge in [0.1, 0.15) is 12.1 Å². The molecule has 35 heavy (non-hydrogen) atoms. The highest BCUT2D eigenvalue weighted by molar-refractivity contribution is 5.92. The molecule has 3 rings (SSSR count). The summed E-state index contributed by atoms with van der Waals surface area (Å²) in [7, 11) is 0. The first-order valence-corrected chi connectivity index (χ1v) is 12.2. The molecule has 1 aliphatic rings. The van der Waals surface area contributed by atoms with Crippen LogP contribution in [-0.2, 0) is 20.7 Å². The van der Waals surface area contributed by atoms with Crippen molar-refractivity contribution in [3.05, 3.63) is 48.0 Å². The molecule has 9 nitrogen and oxygen atoms in total. The number of nitrogens with one attached hydrogen (secondary N) is 2. The van der Waals surface area contributed by atoms with Gasteiger partial charge in [-0.1, -0.05) is 56.3 Å². The zero-order valence-corrected chi connectivity index (χ0v) is 20.4. The minimum absolute atomic E-state index is 0.0114. The molecule has 2 aromatic rings. The molecule has 0 radical (unpaired) electrons. The van der Waals surface area contributed by atoms with Crippen LogP contribution in [0.1, 0.15) is 32.3 Å². The lowest BCUT2D eigenvalue weighted by Gasteiger charge is -2.26. The van der Waals surface area contributed by atoms with Gasteiger partial charge >= 0.3 is 6.09 Å². The van der Waals surface area contributed by atoms with Crippen LogP contribution in [0.2, 0.25) is 0 Å². The highest BCUT2D eigenvalue weighted by Gasteiger charge is 2.37. The quantitative estimate of drug-likeness (QED) is 0.404. The molecule has 0 saturated carbocycles. The molecule has 0 spiro atoms. The Labute approximate surface area is 206 Å². The molecule has 1 aliphatic heterocycles. The van der Waals surface area contributed by atoms with E-state index in [9.17, 15) is 19.5 Å². The van der Waals surface area contributed by atoms with Gasteiger partial charge in [0.05, 0.1) is 12.7 Å². The van der Waals surface area contributed by atoms with Crippen molar-refractivity contribution in [2.24, 2.45) is 11.7 Å². The van der Waals surface area contributed by atoms with Crippen LogP contribution in [0.4, 0.5) is 4.79 Å². The smallest absolute Gasteiger partial charge is 0.410 e. The maximum Gasteiger partial charge on any atom is 0.410 e. The van der Waals surface area contributed by atoms with Crippen molar-refractivity contribution in [1.29, 1.82) is 0 Å². The highest BCUT2D eigenvalue weighted by Crippen LogP contribution is 2.20. The average molecular weight is 485 g/mol. The number of amides is 3. The summed E-state index contributed by atoms with van der Waals surface area (Å²) in [6, 6.07) is 12.2. The Kier molecular flexibility index (Phi) is 9.45. The molecule has 2 aromatic carbocycles. The number of likely N-dealkylation sites (tertiary alicyclic amines) is 1. The van der Waals surface area contributed by atoms with E-state index in [2.05, 4.69) is 10.6 Å². The fourth-order valence-electron chi connectivity index (χ4n) is 4.08. The van der Waals surface area contributed by atoms with E-state index < -0.39 is 36.1 Å². The summed E-state index contributed by atoms with van der Waals surface area (Å²) >= 11 is 0. The number of aliphatic hydroxyl groups is 1. The van der Waals surface area contributed by atoms with Crippen LogP contribution in [0.3, 0.4) is 0 Å². The van der Waals surface area contributed by atoms with Crippen LogP contribution in [0.15, 0.2) is 42.5 Å². The Bertz CT molecular complexity index is 1030. The van der Waals surface area contributed by atoms with E-state index in [1.165, 1.54) is 4.90 Å². The van der Waals surface area contributed by atoms with Gasteiger partial charge in [0.2, 0.25) is 11.8 Å². The molecule has 1 saturated heterocycles. The second-order valence-electron chi connectivity index (χ2n) is 9.40. The Balaban J connectivity index is 1.74. The Morgan fingerprint density at radius 1 is 1.17 bits per heavy atom. The molecule has 190 valence electrons. The number of carbonyl (C=O) groups excluding carboxylic acids is 3. The van der Waals surface area contributed by atoms with E-state index in [1.807, 2.05) is 56.3 Å². The molecule has 3 amide bonds. The fraction of sp³-hybridized carbons (Fsp3) is 0.500. The van der Waals surface area contributed by atoms with E-state index in [-0.39, 0.29) is 32.0 Å². The number of hydrogen-bond acceptors (Lipinski definition) is 6. The topological polar surface area (TPSA) is 134 Å².